The summed E-state index contributed by atoms with van der Waals surface area (Å²) in [6, 6.07) is 6.11. The van der Waals surface area contributed by atoms with E-state index < -0.39 is 17.0 Å². The number of aliphatic carboxylic acids is 1. The number of carboxylic acid groups (broad SMARTS) is 1. The molecular weight excluding hydrogens is 354 g/mol. The van der Waals surface area contributed by atoms with Gasteiger partial charge in [-0.1, -0.05) is 40.7 Å². The van der Waals surface area contributed by atoms with E-state index in [1.165, 1.54) is 16.9 Å². The Morgan fingerprint density at radius 3 is 2.40 bits per heavy atom. The summed E-state index contributed by atoms with van der Waals surface area (Å²) in [6.07, 6.45) is 0.879. The van der Waals surface area contributed by atoms with Gasteiger partial charge in [-0.05, 0) is 34.9 Å². The molecule has 0 aliphatic rings. The number of thiazole rings is 1. The maximum atomic E-state index is 11.5. The molecule has 1 N–H and O–H groups in total. The van der Waals surface area contributed by atoms with E-state index in [0.29, 0.717) is 5.01 Å². The Balaban J connectivity index is 2.41. The van der Waals surface area contributed by atoms with Crippen LogP contribution in [-0.2, 0) is 15.0 Å². The van der Waals surface area contributed by atoms with E-state index in [-0.39, 0.29) is 17.3 Å². The maximum absolute atomic E-state index is 11.5. The van der Waals surface area contributed by atoms with Gasteiger partial charge in [0.05, 0.1) is 10.2 Å². The number of thiol groups is 1. The smallest absolute Gasteiger partial charge is 0.313 e. The second kappa shape index (κ2) is 7.08. The van der Waals surface area contributed by atoms with Crippen LogP contribution < -0.4 is 0 Å². The van der Waals surface area contributed by atoms with Crippen LogP contribution in [0, 0.1) is 5.41 Å². The van der Waals surface area contributed by atoms with Crippen molar-refractivity contribution in [3.05, 3.63) is 28.8 Å². The van der Waals surface area contributed by atoms with Gasteiger partial charge in [0, 0.05) is 6.42 Å². The van der Waals surface area contributed by atoms with Crippen LogP contribution in [0.15, 0.2) is 18.2 Å². The summed E-state index contributed by atoms with van der Waals surface area (Å²) < 4.78 is 0.951. The summed E-state index contributed by atoms with van der Waals surface area (Å²) in [5.74, 6) is -1.98. The second-order valence-electron chi connectivity index (χ2n) is 8.34. The molecule has 1 unspecified atom stereocenters. The molecule has 0 amide bonds. The average molecular weight is 380 g/mol. The Kier molecular flexibility index (Phi) is 5.64. The van der Waals surface area contributed by atoms with Gasteiger partial charge in [-0.3, -0.25) is 9.59 Å². The van der Waals surface area contributed by atoms with Crippen LogP contribution in [0.1, 0.15) is 63.9 Å². The zero-order valence-corrected chi connectivity index (χ0v) is 17.0. The van der Waals surface area contributed by atoms with Gasteiger partial charge in [0.15, 0.2) is 5.12 Å². The van der Waals surface area contributed by atoms with Crippen LogP contribution in [-0.4, -0.2) is 21.2 Å². The standard InChI is InChI=1S/C19H25NO3S2/c1-18(2,3)10-19(4,5)11-6-7-13-14(8-11)25-16(20-13)12(17(22)23)9-15(21)24/h6-8,12H,9-10H2,1-5H3,(H,21,24)(H,22,23). The molecule has 0 aliphatic heterocycles. The van der Waals surface area contributed by atoms with Gasteiger partial charge < -0.3 is 5.11 Å². The first-order chi connectivity index (χ1) is 11.4. The van der Waals surface area contributed by atoms with E-state index in [9.17, 15) is 14.7 Å². The van der Waals surface area contributed by atoms with E-state index in [1.807, 2.05) is 6.07 Å². The lowest BCUT2D eigenvalue weighted by molar-refractivity contribution is -0.139. The van der Waals surface area contributed by atoms with E-state index in [2.05, 4.69) is 64.4 Å². The van der Waals surface area contributed by atoms with Gasteiger partial charge in [-0.15, -0.1) is 24.0 Å². The summed E-state index contributed by atoms with van der Waals surface area (Å²) in [5, 5.41) is 9.40. The fourth-order valence-electron chi connectivity index (χ4n) is 3.40. The monoisotopic (exact) mass is 379 g/mol. The highest BCUT2D eigenvalue weighted by Crippen LogP contribution is 2.38. The molecule has 4 nitrogen and oxygen atoms in total. The SMILES string of the molecule is CC(C)(C)CC(C)(C)c1ccc2nc(C(CC(=O)S)C(=O)O)sc2c1. The minimum atomic E-state index is -1.05. The molecule has 0 radical (unpaired) electrons. The number of nitrogens with zero attached hydrogens (tertiary/aromatic N) is 1. The van der Waals surface area contributed by atoms with Gasteiger partial charge in [0.25, 0.3) is 0 Å². The third-order valence-electron chi connectivity index (χ3n) is 4.13. The first-order valence-corrected chi connectivity index (χ1v) is 9.51. The second-order valence-corrected chi connectivity index (χ2v) is 9.91. The molecule has 0 saturated heterocycles. The molecule has 0 fully saturated rings. The molecule has 0 aliphatic carbocycles. The molecule has 2 rings (SSSR count). The average Bonchev–Trinajstić information content (AvgIpc) is 2.84. The van der Waals surface area contributed by atoms with Crippen LogP contribution in [0.2, 0.25) is 0 Å². The van der Waals surface area contributed by atoms with Gasteiger partial charge in [-0.25, -0.2) is 4.98 Å². The Morgan fingerprint density at radius 2 is 1.88 bits per heavy atom. The first kappa shape index (κ1) is 19.9. The van der Waals surface area contributed by atoms with Crippen LogP contribution >= 0.6 is 24.0 Å². The molecular formula is C19H25NO3S2. The van der Waals surface area contributed by atoms with Crippen molar-refractivity contribution in [2.24, 2.45) is 5.41 Å². The number of fused-ring (bicyclic) bond motifs is 1. The molecule has 6 heteroatoms. The molecule has 136 valence electrons. The number of carbonyl (C=O) groups is 2. The number of aromatic nitrogens is 1. The van der Waals surface area contributed by atoms with Crippen molar-refractivity contribution in [3.63, 3.8) is 0 Å². The van der Waals surface area contributed by atoms with Crippen LogP contribution in [0.4, 0.5) is 0 Å². The highest BCUT2D eigenvalue weighted by Gasteiger charge is 2.29. The number of hydrogen-bond acceptors (Lipinski definition) is 4. The molecule has 1 aromatic heterocycles. The topological polar surface area (TPSA) is 67.3 Å². The van der Waals surface area contributed by atoms with Crippen molar-refractivity contribution in [2.45, 2.75) is 58.8 Å². The highest BCUT2D eigenvalue weighted by atomic mass is 32.1. The van der Waals surface area contributed by atoms with E-state index in [0.717, 1.165) is 16.6 Å². The first-order valence-electron chi connectivity index (χ1n) is 8.25. The van der Waals surface area contributed by atoms with Gasteiger partial charge in [0.1, 0.15) is 10.9 Å². The Labute approximate surface area is 158 Å². The molecule has 0 bridgehead atoms. The predicted molar refractivity (Wildman–Crippen MR) is 106 cm³/mol. The Morgan fingerprint density at radius 1 is 1.24 bits per heavy atom. The largest absolute Gasteiger partial charge is 0.481 e. The molecule has 25 heavy (non-hydrogen) atoms. The molecule has 0 spiro atoms. The Hall–Kier alpha value is -1.40. The van der Waals surface area contributed by atoms with Crippen LogP contribution in [0.3, 0.4) is 0 Å². The number of rotatable bonds is 6. The molecule has 1 heterocycles. The van der Waals surface area contributed by atoms with E-state index in [4.69, 9.17) is 0 Å². The maximum Gasteiger partial charge on any atom is 0.313 e. The van der Waals surface area contributed by atoms with E-state index >= 15 is 0 Å². The summed E-state index contributed by atoms with van der Waals surface area (Å²) in [7, 11) is 0. The van der Waals surface area contributed by atoms with Crippen molar-refractivity contribution in [1.29, 1.82) is 0 Å². The number of hydrogen-bond donors (Lipinski definition) is 2. The minimum Gasteiger partial charge on any atom is -0.481 e. The normalized spacial score (nSPS) is 13.8. The van der Waals surface area contributed by atoms with Crippen molar-refractivity contribution in [3.8, 4) is 0 Å². The van der Waals surface area contributed by atoms with Gasteiger partial charge in [0.2, 0.25) is 0 Å². The summed E-state index contributed by atoms with van der Waals surface area (Å²) in [6.45, 7) is 11.1. The molecule has 1 atom stereocenters. The van der Waals surface area contributed by atoms with Crippen molar-refractivity contribution < 1.29 is 14.7 Å². The number of carboxylic acids is 1. The summed E-state index contributed by atoms with van der Waals surface area (Å²) >= 11 is 5.06. The minimum absolute atomic E-state index is 0.00383. The van der Waals surface area contributed by atoms with Crippen molar-refractivity contribution >= 4 is 45.3 Å². The fraction of sp³-hybridized carbons (Fsp3) is 0.526. The van der Waals surface area contributed by atoms with Crippen LogP contribution in [0.5, 0.6) is 0 Å². The zero-order chi connectivity index (χ0) is 19.0. The van der Waals surface area contributed by atoms with Crippen molar-refractivity contribution in [2.75, 3.05) is 0 Å². The molecule has 2 aromatic rings. The molecule has 1 aromatic carbocycles. The number of benzene rings is 1. The van der Waals surface area contributed by atoms with Gasteiger partial charge >= 0.3 is 5.97 Å². The van der Waals surface area contributed by atoms with Crippen LogP contribution in [0.25, 0.3) is 10.2 Å². The Bertz CT molecular complexity index is 803. The number of carbonyl (C=O) groups excluding carboxylic acids is 1. The lowest BCUT2D eigenvalue weighted by Gasteiger charge is -2.33. The summed E-state index contributed by atoms with van der Waals surface area (Å²) in [5.41, 5.74) is 2.19. The molecule has 0 saturated carbocycles. The quantitative estimate of drug-likeness (QED) is 0.691. The highest BCUT2D eigenvalue weighted by molar-refractivity contribution is 7.96. The predicted octanol–water partition coefficient (Wildman–Crippen LogP) is 5.02. The zero-order valence-electron chi connectivity index (χ0n) is 15.3. The summed E-state index contributed by atoms with van der Waals surface area (Å²) in [4.78, 5) is 27.2. The van der Waals surface area contributed by atoms with Crippen molar-refractivity contribution in [1.82, 2.24) is 4.98 Å². The lowest BCUT2D eigenvalue weighted by Crippen LogP contribution is -2.24. The van der Waals surface area contributed by atoms with E-state index in [1.54, 1.807) is 0 Å². The third kappa shape index (κ3) is 5.05. The fourth-order valence-corrected chi connectivity index (χ4v) is 4.68. The van der Waals surface area contributed by atoms with Gasteiger partial charge in [-0.2, -0.15) is 0 Å². The third-order valence-corrected chi connectivity index (χ3v) is 5.45. The lowest BCUT2D eigenvalue weighted by atomic mass is 9.72.